The number of carbonyl (C=O) groups is 2. The number of hydrogen-bond donors (Lipinski definition) is 2. The van der Waals surface area contributed by atoms with Gasteiger partial charge < -0.3 is 9.84 Å². The Morgan fingerprint density at radius 3 is 2.44 bits per heavy atom. The van der Waals surface area contributed by atoms with Crippen LogP contribution in [0.3, 0.4) is 0 Å². The number of carboxylic acid groups (broad SMARTS) is 1. The summed E-state index contributed by atoms with van der Waals surface area (Å²) in [5.74, 6) is -3.71. The molecule has 1 atom stereocenters. The number of aromatic carboxylic acids is 1. The van der Waals surface area contributed by atoms with Gasteiger partial charge in [-0.25, -0.2) is 14.0 Å². The van der Waals surface area contributed by atoms with E-state index in [-0.39, 0.29) is 12.3 Å². The standard InChI is InChI=1S/C19H18FNO4/c1-2-14(13-8-9-15(18(22)23)16(20)10-13)17(21)19(24)25-11-12-6-4-3-5-7-12/h3-10,14,21H,2,11H2,1H3,(H,22,23). The van der Waals surface area contributed by atoms with Crippen LogP contribution in [0.25, 0.3) is 0 Å². The lowest BCUT2D eigenvalue weighted by Gasteiger charge is -2.16. The molecule has 130 valence electrons. The van der Waals surface area contributed by atoms with Crippen LogP contribution in [0.2, 0.25) is 0 Å². The first-order chi connectivity index (χ1) is 11.9. The van der Waals surface area contributed by atoms with Gasteiger partial charge in [-0.2, -0.15) is 0 Å². The number of rotatable bonds is 7. The Balaban J connectivity index is 2.11. The average molecular weight is 343 g/mol. The van der Waals surface area contributed by atoms with Crippen LogP contribution >= 0.6 is 0 Å². The molecule has 0 amide bonds. The monoisotopic (exact) mass is 343 g/mol. The third kappa shape index (κ3) is 4.50. The fourth-order valence-corrected chi connectivity index (χ4v) is 2.47. The number of benzene rings is 2. The minimum atomic E-state index is -1.37. The first kappa shape index (κ1) is 18.3. The quantitative estimate of drug-likeness (QED) is 0.591. The van der Waals surface area contributed by atoms with Gasteiger partial charge in [0, 0.05) is 5.92 Å². The van der Waals surface area contributed by atoms with Crippen LogP contribution < -0.4 is 0 Å². The van der Waals surface area contributed by atoms with Gasteiger partial charge in [0.25, 0.3) is 0 Å². The molecule has 25 heavy (non-hydrogen) atoms. The minimum Gasteiger partial charge on any atom is -0.478 e. The van der Waals surface area contributed by atoms with E-state index in [4.69, 9.17) is 15.3 Å². The Hall–Kier alpha value is -3.02. The molecule has 0 aliphatic rings. The second-order valence-electron chi connectivity index (χ2n) is 5.48. The molecule has 2 rings (SSSR count). The molecular formula is C19H18FNO4. The normalized spacial score (nSPS) is 11.6. The number of carboxylic acids is 1. The molecule has 6 heteroatoms. The van der Waals surface area contributed by atoms with E-state index in [0.717, 1.165) is 17.7 Å². The van der Waals surface area contributed by atoms with Crippen molar-refractivity contribution >= 4 is 17.7 Å². The van der Waals surface area contributed by atoms with Crippen LogP contribution in [0, 0.1) is 11.2 Å². The first-order valence-corrected chi connectivity index (χ1v) is 7.76. The minimum absolute atomic E-state index is 0.0464. The zero-order valence-electron chi connectivity index (χ0n) is 13.7. The molecule has 0 aliphatic heterocycles. The summed E-state index contributed by atoms with van der Waals surface area (Å²) in [6, 6.07) is 12.7. The first-order valence-electron chi connectivity index (χ1n) is 7.76. The van der Waals surface area contributed by atoms with E-state index in [1.165, 1.54) is 6.07 Å². The highest BCUT2D eigenvalue weighted by Crippen LogP contribution is 2.24. The van der Waals surface area contributed by atoms with Crippen molar-refractivity contribution in [3.63, 3.8) is 0 Å². The summed E-state index contributed by atoms with van der Waals surface area (Å²) < 4.78 is 19.0. The molecule has 0 aliphatic carbocycles. The molecule has 2 aromatic carbocycles. The number of carbonyl (C=O) groups excluding carboxylic acids is 1. The lowest BCUT2D eigenvalue weighted by Crippen LogP contribution is -2.23. The SMILES string of the molecule is CCC(C(=N)C(=O)OCc1ccccc1)c1ccc(C(=O)O)c(F)c1. The van der Waals surface area contributed by atoms with Gasteiger partial charge in [-0.15, -0.1) is 0 Å². The molecule has 0 heterocycles. The molecule has 0 aromatic heterocycles. The number of nitrogens with one attached hydrogen (secondary N) is 1. The maximum Gasteiger partial charge on any atom is 0.352 e. The van der Waals surface area contributed by atoms with Gasteiger partial charge in [-0.3, -0.25) is 5.41 Å². The van der Waals surface area contributed by atoms with Crippen LogP contribution in [0.4, 0.5) is 4.39 Å². The average Bonchev–Trinajstić information content (AvgIpc) is 2.60. The topological polar surface area (TPSA) is 87.5 Å². The van der Waals surface area contributed by atoms with E-state index in [0.29, 0.717) is 12.0 Å². The molecule has 0 saturated heterocycles. The Labute approximate surface area is 144 Å². The molecule has 5 nitrogen and oxygen atoms in total. The van der Waals surface area contributed by atoms with E-state index in [9.17, 15) is 14.0 Å². The highest BCUT2D eigenvalue weighted by molar-refractivity contribution is 6.37. The fraction of sp³-hybridized carbons (Fsp3) is 0.211. The van der Waals surface area contributed by atoms with Gasteiger partial charge in [-0.05, 0) is 29.7 Å². The van der Waals surface area contributed by atoms with E-state index in [2.05, 4.69) is 0 Å². The van der Waals surface area contributed by atoms with Crippen molar-refractivity contribution in [2.75, 3.05) is 0 Å². The molecule has 0 radical (unpaired) electrons. The van der Waals surface area contributed by atoms with Crippen molar-refractivity contribution in [2.45, 2.75) is 25.9 Å². The molecule has 0 bridgehead atoms. The number of hydrogen-bond acceptors (Lipinski definition) is 4. The Bertz CT molecular complexity index is 789. The summed E-state index contributed by atoms with van der Waals surface area (Å²) >= 11 is 0. The largest absolute Gasteiger partial charge is 0.478 e. The Morgan fingerprint density at radius 2 is 1.88 bits per heavy atom. The van der Waals surface area contributed by atoms with Crippen molar-refractivity contribution in [1.82, 2.24) is 0 Å². The van der Waals surface area contributed by atoms with Gasteiger partial charge in [-0.1, -0.05) is 43.3 Å². The van der Waals surface area contributed by atoms with Crippen molar-refractivity contribution < 1.29 is 23.8 Å². The maximum absolute atomic E-state index is 13.9. The van der Waals surface area contributed by atoms with Crippen LogP contribution in [-0.2, 0) is 16.1 Å². The predicted molar refractivity (Wildman–Crippen MR) is 90.4 cm³/mol. The second kappa shape index (κ2) is 8.19. The highest BCUT2D eigenvalue weighted by atomic mass is 19.1. The van der Waals surface area contributed by atoms with Crippen LogP contribution in [-0.4, -0.2) is 22.8 Å². The zero-order valence-corrected chi connectivity index (χ0v) is 13.7. The summed E-state index contributed by atoms with van der Waals surface area (Å²) in [6.45, 7) is 1.80. The molecule has 0 saturated carbocycles. The predicted octanol–water partition coefficient (Wildman–Crippen LogP) is 3.78. The summed E-state index contributed by atoms with van der Waals surface area (Å²) in [4.78, 5) is 23.0. The zero-order chi connectivity index (χ0) is 18.4. The van der Waals surface area contributed by atoms with Crippen molar-refractivity contribution in [2.24, 2.45) is 0 Å². The summed E-state index contributed by atoms with van der Waals surface area (Å²) in [7, 11) is 0. The summed E-state index contributed by atoms with van der Waals surface area (Å²) in [6.07, 6.45) is 0.380. The molecule has 0 spiro atoms. The number of halogens is 1. The summed E-state index contributed by atoms with van der Waals surface area (Å²) in [5.41, 5.74) is 0.429. The van der Waals surface area contributed by atoms with E-state index >= 15 is 0 Å². The fourth-order valence-electron chi connectivity index (χ4n) is 2.47. The van der Waals surface area contributed by atoms with Gasteiger partial charge in [0.2, 0.25) is 0 Å². The van der Waals surface area contributed by atoms with Crippen LogP contribution in [0.15, 0.2) is 48.5 Å². The number of ether oxygens (including phenoxy) is 1. The van der Waals surface area contributed by atoms with Crippen LogP contribution in [0.5, 0.6) is 0 Å². The van der Waals surface area contributed by atoms with Gasteiger partial charge in [0.15, 0.2) is 0 Å². The summed E-state index contributed by atoms with van der Waals surface area (Å²) in [5, 5.41) is 16.9. The van der Waals surface area contributed by atoms with Crippen LogP contribution in [0.1, 0.15) is 40.7 Å². The Morgan fingerprint density at radius 1 is 1.20 bits per heavy atom. The van der Waals surface area contributed by atoms with E-state index in [1.807, 2.05) is 18.2 Å². The third-order valence-electron chi connectivity index (χ3n) is 3.82. The number of esters is 1. The smallest absolute Gasteiger partial charge is 0.352 e. The lowest BCUT2D eigenvalue weighted by molar-refractivity contribution is -0.137. The van der Waals surface area contributed by atoms with Gasteiger partial charge in [0.05, 0.1) is 5.56 Å². The van der Waals surface area contributed by atoms with Crippen molar-refractivity contribution in [3.05, 3.63) is 71.0 Å². The van der Waals surface area contributed by atoms with Gasteiger partial charge in [0.1, 0.15) is 18.1 Å². The second-order valence-corrected chi connectivity index (χ2v) is 5.48. The highest BCUT2D eigenvalue weighted by Gasteiger charge is 2.24. The third-order valence-corrected chi connectivity index (χ3v) is 3.82. The molecular weight excluding hydrogens is 325 g/mol. The van der Waals surface area contributed by atoms with E-state index < -0.39 is 29.2 Å². The Kier molecular flexibility index (Phi) is 6.00. The van der Waals surface area contributed by atoms with Crippen molar-refractivity contribution in [3.8, 4) is 0 Å². The van der Waals surface area contributed by atoms with E-state index in [1.54, 1.807) is 19.1 Å². The molecule has 0 fully saturated rings. The molecule has 2 aromatic rings. The van der Waals surface area contributed by atoms with Gasteiger partial charge >= 0.3 is 11.9 Å². The van der Waals surface area contributed by atoms with Crippen molar-refractivity contribution in [1.29, 1.82) is 5.41 Å². The molecule has 1 unspecified atom stereocenters. The maximum atomic E-state index is 13.9. The molecule has 2 N–H and O–H groups in total. The lowest BCUT2D eigenvalue weighted by atomic mass is 9.90.